The van der Waals surface area contributed by atoms with Crippen molar-refractivity contribution in [1.82, 2.24) is 4.57 Å². The van der Waals surface area contributed by atoms with E-state index in [-0.39, 0.29) is 0 Å². The molecule has 1 aromatic heterocycles. The highest BCUT2D eigenvalue weighted by molar-refractivity contribution is 6.34. The maximum absolute atomic E-state index is 5.88. The van der Waals surface area contributed by atoms with Crippen LogP contribution in [0, 0.1) is 13.8 Å². The molecule has 3 heteroatoms. The first-order chi connectivity index (χ1) is 4.55. The van der Waals surface area contributed by atoms with Gasteiger partial charge in [-0.3, -0.25) is 0 Å². The molecule has 1 nitrogen and oxygen atoms in total. The van der Waals surface area contributed by atoms with E-state index in [1.807, 2.05) is 20.9 Å². The molecule has 0 saturated heterocycles. The zero-order chi connectivity index (χ0) is 7.89. The molecule has 1 rings (SSSR count). The minimum atomic E-state index is 0.725. The summed E-state index contributed by atoms with van der Waals surface area (Å²) in [6.07, 6.45) is 0. The Morgan fingerprint density at radius 1 is 1.00 bits per heavy atom. The monoisotopic (exact) mass is 177 g/mol. The Morgan fingerprint density at radius 2 is 1.30 bits per heavy atom. The SMILES string of the molecule is Cc1c(C)c(Cl)n(C)c1Cl. The van der Waals surface area contributed by atoms with Crippen LogP contribution in [0.5, 0.6) is 0 Å². The Balaban J connectivity index is 3.44. The van der Waals surface area contributed by atoms with Crippen molar-refractivity contribution < 1.29 is 0 Å². The van der Waals surface area contributed by atoms with Gasteiger partial charge in [0.25, 0.3) is 0 Å². The van der Waals surface area contributed by atoms with Crippen LogP contribution in [0.25, 0.3) is 0 Å². The second-order valence-electron chi connectivity index (χ2n) is 2.39. The van der Waals surface area contributed by atoms with Crippen LogP contribution in [0.4, 0.5) is 0 Å². The van der Waals surface area contributed by atoms with Crippen molar-refractivity contribution >= 4 is 23.2 Å². The van der Waals surface area contributed by atoms with Gasteiger partial charge in [-0.1, -0.05) is 23.2 Å². The number of halogens is 2. The fourth-order valence-corrected chi connectivity index (χ4v) is 1.39. The lowest BCUT2D eigenvalue weighted by Crippen LogP contribution is -1.85. The van der Waals surface area contributed by atoms with Gasteiger partial charge in [0.15, 0.2) is 0 Å². The molecule has 1 aromatic rings. The van der Waals surface area contributed by atoms with Gasteiger partial charge in [-0.2, -0.15) is 0 Å². The highest BCUT2D eigenvalue weighted by Gasteiger charge is 2.09. The largest absolute Gasteiger partial charge is 0.325 e. The predicted molar refractivity (Wildman–Crippen MR) is 44.9 cm³/mol. The molecule has 0 spiro atoms. The van der Waals surface area contributed by atoms with Gasteiger partial charge in [0.2, 0.25) is 0 Å². The smallest absolute Gasteiger partial charge is 0.113 e. The van der Waals surface area contributed by atoms with Crippen LogP contribution in [0.15, 0.2) is 0 Å². The lowest BCUT2D eigenvalue weighted by atomic mass is 10.2. The van der Waals surface area contributed by atoms with Crippen LogP contribution in [0.1, 0.15) is 11.1 Å². The summed E-state index contributed by atoms with van der Waals surface area (Å²) < 4.78 is 1.77. The topological polar surface area (TPSA) is 4.93 Å². The molecule has 0 bridgehead atoms. The van der Waals surface area contributed by atoms with E-state index in [1.165, 1.54) is 0 Å². The second kappa shape index (κ2) is 2.48. The third-order valence-electron chi connectivity index (χ3n) is 1.77. The van der Waals surface area contributed by atoms with Crippen molar-refractivity contribution in [3.05, 3.63) is 21.4 Å². The molecule has 0 atom stereocenters. The van der Waals surface area contributed by atoms with E-state index < -0.39 is 0 Å². The van der Waals surface area contributed by atoms with E-state index in [1.54, 1.807) is 4.57 Å². The van der Waals surface area contributed by atoms with Crippen molar-refractivity contribution in [1.29, 1.82) is 0 Å². The van der Waals surface area contributed by atoms with Crippen LogP contribution < -0.4 is 0 Å². The molecule has 56 valence electrons. The van der Waals surface area contributed by atoms with Crippen molar-refractivity contribution in [3.63, 3.8) is 0 Å². The van der Waals surface area contributed by atoms with Crippen molar-refractivity contribution in [3.8, 4) is 0 Å². The summed E-state index contributed by atoms with van der Waals surface area (Å²) in [5, 5.41) is 1.45. The maximum atomic E-state index is 5.88. The number of aromatic nitrogens is 1. The fourth-order valence-electron chi connectivity index (χ4n) is 0.899. The maximum Gasteiger partial charge on any atom is 0.113 e. The zero-order valence-electron chi connectivity index (χ0n) is 6.20. The highest BCUT2D eigenvalue weighted by atomic mass is 35.5. The van der Waals surface area contributed by atoms with E-state index in [0.717, 1.165) is 21.4 Å². The Bertz CT molecular complexity index is 183. The predicted octanol–water partition coefficient (Wildman–Crippen LogP) is 2.95. The standard InChI is InChI=1S/C7H9Cl2N/c1-4-5(2)7(9)10(3)6(4)8/h1-3H3. The molecule has 0 aliphatic carbocycles. The molecule has 0 N–H and O–H groups in total. The molecule has 10 heavy (non-hydrogen) atoms. The Kier molecular flexibility index (Phi) is 1.97. The molecular weight excluding hydrogens is 169 g/mol. The van der Waals surface area contributed by atoms with E-state index in [0.29, 0.717) is 0 Å². The third-order valence-corrected chi connectivity index (χ3v) is 2.84. The minimum absolute atomic E-state index is 0.725. The average Bonchev–Trinajstić information content (AvgIpc) is 2.07. The molecule has 0 unspecified atom stereocenters. The highest BCUT2D eigenvalue weighted by Crippen LogP contribution is 2.27. The summed E-state index contributed by atoms with van der Waals surface area (Å²) in [5.74, 6) is 0. The van der Waals surface area contributed by atoms with Crippen LogP contribution in [0.2, 0.25) is 10.3 Å². The van der Waals surface area contributed by atoms with Gasteiger partial charge in [-0.25, -0.2) is 0 Å². The van der Waals surface area contributed by atoms with Crippen molar-refractivity contribution in [2.24, 2.45) is 7.05 Å². The number of hydrogen-bond acceptors (Lipinski definition) is 0. The number of nitrogens with zero attached hydrogens (tertiary/aromatic N) is 1. The average molecular weight is 178 g/mol. The molecule has 0 amide bonds. The summed E-state index contributed by atoms with van der Waals surface area (Å²) in [6, 6.07) is 0. The third kappa shape index (κ3) is 0.938. The van der Waals surface area contributed by atoms with Crippen LogP contribution >= 0.6 is 23.2 Å². The molecule has 0 aliphatic heterocycles. The summed E-state index contributed by atoms with van der Waals surface area (Å²) in [7, 11) is 1.85. The van der Waals surface area contributed by atoms with Gasteiger partial charge in [0, 0.05) is 7.05 Å². The van der Waals surface area contributed by atoms with Gasteiger partial charge in [-0.05, 0) is 25.0 Å². The van der Waals surface area contributed by atoms with Gasteiger partial charge in [0.05, 0.1) is 0 Å². The number of hydrogen-bond donors (Lipinski definition) is 0. The summed E-state index contributed by atoms with van der Waals surface area (Å²) in [6.45, 7) is 3.92. The van der Waals surface area contributed by atoms with Crippen molar-refractivity contribution in [2.75, 3.05) is 0 Å². The number of rotatable bonds is 0. The first-order valence-corrected chi connectivity index (χ1v) is 3.78. The molecule has 0 saturated carbocycles. The lowest BCUT2D eigenvalue weighted by Gasteiger charge is -1.94. The van der Waals surface area contributed by atoms with E-state index in [2.05, 4.69) is 0 Å². The van der Waals surface area contributed by atoms with Crippen LogP contribution in [-0.2, 0) is 7.05 Å². The van der Waals surface area contributed by atoms with Gasteiger partial charge in [-0.15, -0.1) is 0 Å². The Labute approximate surface area is 70.6 Å². The van der Waals surface area contributed by atoms with E-state index in [4.69, 9.17) is 23.2 Å². The zero-order valence-corrected chi connectivity index (χ0v) is 7.72. The van der Waals surface area contributed by atoms with Gasteiger partial charge >= 0.3 is 0 Å². The second-order valence-corrected chi connectivity index (χ2v) is 3.11. The quantitative estimate of drug-likeness (QED) is 0.575. The minimum Gasteiger partial charge on any atom is -0.325 e. The van der Waals surface area contributed by atoms with Crippen LogP contribution in [0.3, 0.4) is 0 Å². The first-order valence-electron chi connectivity index (χ1n) is 3.02. The van der Waals surface area contributed by atoms with Crippen LogP contribution in [-0.4, -0.2) is 4.57 Å². The van der Waals surface area contributed by atoms with E-state index >= 15 is 0 Å². The molecule has 0 aromatic carbocycles. The van der Waals surface area contributed by atoms with Gasteiger partial charge < -0.3 is 4.57 Å². The molecule has 0 aliphatic rings. The molecule has 1 heterocycles. The van der Waals surface area contributed by atoms with Crippen molar-refractivity contribution in [2.45, 2.75) is 13.8 Å². The Morgan fingerprint density at radius 3 is 1.40 bits per heavy atom. The molecular formula is C7H9Cl2N. The fraction of sp³-hybridized carbons (Fsp3) is 0.429. The Hall–Kier alpha value is -0.140. The summed E-state index contributed by atoms with van der Waals surface area (Å²) >= 11 is 11.8. The normalized spacial score (nSPS) is 10.5. The summed E-state index contributed by atoms with van der Waals surface area (Å²) in [4.78, 5) is 0. The molecule has 0 radical (unpaired) electrons. The molecule has 0 fully saturated rings. The van der Waals surface area contributed by atoms with E-state index in [9.17, 15) is 0 Å². The first kappa shape index (κ1) is 7.96. The summed E-state index contributed by atoms with van der Waals surface area (Å²) in [5.41, 5.74) is 2.13. The lowest BCUT2D eigenvalue weighted by molar-refractivity contribution is 0.924. The van der Waals surface area contributed by atoms with Gasteiger partial charge in [0.1, 0.15) is 10.3 Å².